The van der Waals surface area contributed by atoms with E-state index in [0.29, 0.717) is 0 Å². The molecule has 23 heavy (non-hydrogen) atoms. The van der Waals surface area contributed by atoms with Gasteiger partial charge in [-0.2, -0.15) is 10.2 Å². The standard InChI is InChI=1S/C20H19N3/c1-23(16-17-8-4-2-5-9-17)20-14-12-19(13-15-20)22-21-18-10-6-3-7-11-18/h2-15H,16H2,1H3/b22-21+. The Morgan fingerprint density at radius 3 is 1.78 bits per heavy atom. The van der Waals surface area contributed by atoms with Crippen molar-refractivity contribution in [3.8, 4) is 0 Å². The van der Waals surface area contributed by atoms with E-state index in [1.54, 1.807) is 0 Å². The van der Waals surface area contributed by atoms with Crippen molar-refractivity contribution in [2.75, 3.05) is 11.9 Å². The SMILES string of the molecule is CN(Cc1ccccc1)c1ccc(/N=N/c2ccccc2)cc1. The molecular formula is C20H19N3. The van der Waals surface area contributed by atoms with E-state index in [0.717, 1.165) is 23.6 Å². The van der Waals surface area contributed by atoms with Gasteiger partial charge in [0, 0.05) is 19.3 Å². The summed E-state index contributed by atoms with van der Waals surface area (Å²) in [6, 6.07) is 28.3. The smallest absolute Gasteiger partial charge is 0.0858 e. The van der Waals surface area contributed by atoms with Crippen LogP contribution in [-0.4, -0.2) is 7.05 Å². The molecule has 0 amide bonds. The highest BCUT2D eigenvalue weighted by Crippen LogP contribution is 2.22. The van der Waals surface area contributed by atoms with Crippen molar-refractivity contribution in [2.45, 2.75) is 6.54 Å². The van der Waals surface area contributed by atoms with Gasteiger partial charge < -0.3 is 4.90 Å². The van der Waals surface area contributed by atoms with Crippen LogP contribution in [0, 0.1) is 0 Å². The van der Waals surface area contributed by atoms with Crippen LogP contribution in [-0.2, 0) is 6.54 Å². The van der Waals surface area contributed by atoms with Crippen LogP contribution >= 0.6 is 0 Å². The first-order valence-electron chi connectivity index (χ1n) is 7.63. The van der Waals surface area contributed by atoms with E-state index in [4.69, 9.17) is 0 Å². The van der Waals surface area contributed by atoms with Crippen LogP contribution < -0.4 is 4.90 Å². The van der Waals surface area contributed by atoms with Crippen molar-refractivity contribution in [3.63, 3.8) is 0 Å². The average Bonchev–Trinajstić information content (AvgIpc) is 2.62. The molecule has 0 N–H and O–H groups in total. The molecule has 0 aromatic heterocycles. The van der Waals surface area contributed by atoms with Crippen LogP contribution in [0.25, 0.3) is 0 Å². The third-order valence-electron chi connectivity index (χ3n) is 3.59. The number of benzene rings is 3. The Kier molecular flexibility index (Phi) is 4.79. The predicted octanol–water partition coefficient (Wildman–Crippen LogP) is 5.74. The Morgan fingerprint density at radius 2 is 1.17 bits per heavy atom. The van der Waals surface area contributed by atoms with Gasteiger partial charge in [-0.3, -0.25) is 0 Å². The number of hydrogen-bond acceptors (Lipinski definition) is 3. The molecule has 0 saturated carbocycles. The van der Waals surface area contributed by atoms with Gasteiger partial charge in [0.1, 0.15) is 0 Å². The summed E-state index contributed by atoms with van der Waals surface area (Å²) >= 11 is 0. The average molecular weight is 301 g/mol. The summed E-state index contributed by atoms with van der Waals surface area (Å²) in [7, 11) is 2.09. The molecule has 3 rings (SSSR count). The number of hydrogen-bond donors (Lipinski definition) is 0. The lowest BCUT2D eigenvalue weighted by atomic mass is 10.2. The summed E-state index contributed by atoms with van der Waals surface area (Å²) in [6.45, 7) is 0.881. The third-order valence-corrected chi connectivity index (χ3v) is 3.59. The Labute approximate surface area is 136 Å². The minimum Gasteiger partial charge on any atom is -0.370 e. The fraction of sp³-hybridized carbons (Fsp3) is 0.100. The first-order chi connectivity index (χ1) is 11.3. The van der Waals surface area contributed by atoms with Crippen LogP contribution in [0.2, 0.25) is 0 Å². The van der Waals surface area contributed by atoms with Crippen LogP contribution in [0.5, 0.6) is 0 Å². The van der Waals surface area contributed by atoms with E-state index in [1.807, 2.05) is 48.5 Å². The lowest BCUT2D eigenvalue weighted by molar-refractivity contribution is 0.923. The van der Waals surface area contributed by atoms with E-state index in [1.165, 1.54) is 5.56 Å². The molecule has 3 aromatic carbocycles. The molecule has 0 fully saturated rings. The van der Waals surface area contributed by atoms with Crippen molar-refractivity contribution in [1.29, 1.82) is 0 Å². The molecule has 0 unspecified atom stereocenters. The fourth-order valence-electron chi connectivity index (χ4n) is 2.33. The quantitative estimate of drug-likeness (QED) is 0.552. The second-order valence-corrected chi connectivity index (χ2v) is 5.39. The lowest BCUT2D eigenvalue weighted by Crippen LogP contribution is -2.15. The van der Waals surface area contributed by atoms with E-state index in [2.05, 4.69) is 58.6 Å². The fourth-order valence-corrected chi connectivity index (χ4v) is 2.33. The third kappa shape index (κ3) is 4.27. The maximum Gasteiger partial charge on any atom is 0.0858 e. The molecule has 3 nitrogen and oxygen atoms in total. The summed E-state index contributed by atoms with van der Waals surface area (Å²) < 4.78 is 0. The van der Waals surface area contributed by atoms with E-state index in [-0.39, 0.29) is 0 Å². The monoisotopic (exact) mass is 301 g/mol. The highest BCUT2D eigenvalue weighted by atomic mass is 15.1. The van der Waals surface area contributed by atoms with Crippen molar-refractivity contribution < 1.29 is 0 Å². The lowest BCUT2D eigenvalue weighted by Gasteiger charge is -2.19. The van der Waals surface area contributed by atoms with Gasteiger partial charge in [0.15, 0.2) is 0 Å². The number of azo groups is 1. The first-order valence-corrected chi connectivity index (χ1v) is 7.63. The molecular weight excluding hydrogens is 282 g/mol. The second-order valence-electron chi connectivity index (χ2n) is 5.39. The van der Waals surface area contributed by atoms with Gasteiger partial charge in [-0.1, -0.05) is 48.5 Å². The van der Waals surface area contributed by atoms with E-state index >= 15 is 0 Å². The molecule has 0 aliphatic rings. The molecule has 0 aliphatic carbocycles. The summed E-state index contributed by atoms with van der Waals surface area (Å²) in [5.74, 6) is 0. The molecule has 114 valence electrons. The molecule has 0 spiro atoms. The van der Waals surface area contributed by atoms with Gasteiger partial charge in [-0.25, -0.2) is 0 Å². The van der Waals surface area contributed by atoms with Crippen LogP contribution in [0.4, 0.5) is 17.1 Å². The number of nitrogens with zero attached hydrogens (tertiary/aromatic N) is 3. The maximum atomic E-state index is 4.27. The number of rotatable bonds is 5. The Hall–Kier alpha value is -2.94. The van der Waals surface area contributed by atoms with Gasteiger partial charge in [0.2, 0.25) is 0 Å². The zero-order valence-corrected chi connectivity index (χ0v) is 13.1. The molecule has 3 heteroatoms. The van der Waals surface area contributed by atoms with Crippen molar-refractivity contribution in [1.82, 2.24) is 0 Å². The van der Waals surface area contributed by atoms with Gasteiger partial charge in [-0.15, -0.1) is 0 Å². The predicted molar refractivity (Wildman–Crippen MR) is 95.6 cm³/mol. The molecule has 0 radical (unpaired) electrons. The molecule has 0 atom stereocenters. The zero-order chi connectivity index (χ0) is 15.9. The van der Waals surface area contributed by atoms with E-state index in [9.17, 15) is 0 Å². The highest BCUT2D eigenvalue weighted by Gasteiger charge is 2.02. The van der Waals surface area contributed by atoms with Crippen LogP contribution in [0.3, 0.4) is 0 Å². The molecule has 0 saturated heterocycles. The normalized spacial score (nSPS) is 10.8. The van der Waals surface area contributed by atoms with E-state index < -0.39 is 0 Å². The minimum absolute atomic E-state index is 0.853. The zero-order valence-electron chi connectivity index (χ0n) is 13.1. The molecule has 0 bridgehead atoms. The van der Waals surface area contributed by atoms with Crippen molar-refractivity contribution in [2.24, 2.45) is 10.2 Å². The second kappa shape index (κ2) is 7.36. The summed E-state index contributed by atoms with van der Waals surface area (Å²) in [5.41, 5.74) is 4.17. The maximum absolute atomic E-state index is 4.27. The minimum atomic E-state index is 0.853. The van der Waals surface area contributed by atoms with Crippen molar-refractivity contribution >= 4 is 17.1 Å². The highest BCUT2D eigenvalue weighted by molar-refractivity contribution is 5.52. The topological polar surface area (TPSA) is 28.0 Å². The largest absolute Gasteiger partial charge is 0.370 e. The van der Waals surface area contributed by atoms with Gasteiger partial charge in [0.05, 0.1) is 11.4 Å². The number of anilines is 1. The summed E-state index contributed by atoms with van der Waals surface area (Å²) in [6.07, 6.45) is 0. The summed E-state index contributed by atoms with van der Waals surface area (Å²) in [5, 5.41) is 8.50. The van der Waals surface area contributed by atoms with Crippen molar-refractivity contribution in [3.05, 3.63) is 90.5 Å². The van der Waals surface area contributed by atoms with Crippen LogP contribution in [0.1, 0.15) is 5.56 Å². The Morgan fingerprint density at radius 1 is 0.652 bits per heavy atom. The molecule has 0 aliphatic heterocycles. The summed E-state index contributed by atoms with van der Waals surface area (Å²) in [4.78, 5) is 2.22. The molecule has 0 heterocycles. The Bertz CT molecular complexity index is 750. The Balaban J connectivity index is 1.66. The van der Waals surface area contributed by atoms with Gasteiger partial charge in [-0.05, 0) is 42.0 Å². The molecule has 3 aromatic rings. The van der Waals surface area contributed by atoms with Crippen LogP contribution in [0.15, 0.2) is 95.2 Å². The van der Waals surface area contributed by atoms with Gasteiger partial charge >= 0.3 is 0 Å². The first kappa shape index (κ1) is 15.0. The van der Waals surface area contributed by atoms with Gasteiger partial charge in [0.25, 0.3) is 0 Å².